The molecule has 0 aromatic heterocycles. The summed E-state index contributed by atoms with van der Waals surface area (Å²) in [5, 5.41) is 6.37. The predicted molar refractivity (Wildman–Crippen MR) is 97.3 cm³/mol. The first-order chi connectivity index (χ1) is 11.0. The number of ether oxygens (including phenoxy) is 1. The van der Waals surface area contributed by atoms with Crippen molar-refractivity contribution in [1.82, 2.24) is 5.32 Å². The van der Waals surface area contributed by atoms with Gasteiger partial charge in [-0.25, -0.2) is 0 Å². The van der Waals surface area contributed by atoms with Crippen LogP contribution >= 0.6 is 23.8 Å². The zero-order valence-electron chi connectivity index (χ0n) is 12.8. The van der Waals surface area contributed by atoms with Gasteiger partial charge in [-0.3, -0.25) is 10.1 Å². The van der Waals surface area contributed by atoms with Gasteiger partial charge in [0.25, 0.3) is 5.91 Å². The number of hydrogen-bond acceptors (Lipinski definition) is 3. The molecule has 0 aliphatic carbocycles. The van der Waals surface area contributed by atoms with Crippen molar-refractivity contribution in [2.45, 2.75) is 20.0 Å². The van der Waals surface area contributed by atoms with Crippen molar-refractivity contribution in [1.29, 1.82) is 0 Å². The fourth-order valence-electron chi connectivity index (χ4n) is 1.86. The van der Waals surface area contributed by atoms with E-state index in [1.54, 1.807) is 24.3 Å². The largest absolute Gasteiger partial charge is 0.489 e. The van der Waals surface area contributed by atoms with Crippen molar-refractivity contribution in [3.8, 4) is 5.75 Å². The van der Waals surface area contributed by atoms with Crippen LogP contribution < -0.4 is 15.4 Å². The first-order valence-corrected chi connectivity index (χ1v) is 7.88. The normalized spacial score (nSPS) is 10.3. The number of para-hydroxylation sites is 2. The van der Waals surface area contributed by atoms with E-state index in [4.69, 9.17) is 28.6 Å². The van der Waals surface area contributed by atoms with Crippen molar-refractivity contribution < 1.29 is 9.53 Å². The van der Waals surface area contributed by atoms with Crippen LogP contribution in [0.1, 0.15) is 24.2 Å². The lowest BCUT2D eigenvalue weighted by Gasteiger charge is -2.16. The summed E-state index contributed by atoms with van der Waals surface area (Å²) in [6.07, 6.45) is 0.0372. The maximum atomic E-state index is 12.1. The zero-order chi connectivity index (χ0) is 16.8. The van der Waals surface area contributed by atoms with Crippen LogP contribution in [0.5, 0.6) is 5.75 Å². The monoisotopic (exact) mass is 348 g/mol. The average molecular weight is 349 g/mol. The number of hydrogen-bond donors (Lipinski definition) is 2. The summed E-state index contributed by atoms with van der Waals surface area (Å²) in [7, 11) is 0. The standard InChI is InChI=1S/C17H17ClN2O2S/c1-11(2)22-15-6-4-3-5-14(15)19-17(23)20-16(21)12-7-9-13(18)10-8-12/h3-11H,1-2H3,(H2,19,20,21,23). The lowest BCUT2D eigenvalue weighted by Crippen LogP contribution is -2.34. The number of anilines is 1. The summed E-state index contributed by atoms with van der Waals surface area (Å²) in [6, 6.07) is 14.0. The van der Waals surface area contributed by atoms with Crippen molar-refractivity contribution in [3.63, 3.8) is 0 Å². The number of carbonyl (C=O) groups is 1. The number of thiocarbonyl (C=S) groups is 1. The summed E-state index contributed by atoms with van der Waals surface area (Å²) < 4.78 is 5.70. The quantitative estimate of drug-likeness (QED) is 0.811. The number of nitrogens with one attached hydrogen (secondary N) is 2. The summed E-state index contributed by atoms with van der Waals surface area (Å²) in [4.78, 5) is 12.1. The molecule has 0 aliphatic rings. The summed E-state index contributed by atoms with van der Waals surface area (Å²) in [5.74, 6) is 0.368. The number of amides is 1. The van der Waals surface area contributed by atoms with Gasteiger partial charge in [0.2, 0.25) is 0 Å². The van der Waals surface area contributed by atoms with E-state index in [1.807, 2.05) is 38.1 Å². The molecule has 0 unspecified atom stereocenters. The van der Waals surface area contributed by atoms with E-state index in [0.717, 1.165) is 0 Å². The Morgan fingerprint density at radius 2 is 1.78 bits per heavy atom. The molecule has 1 amide bonds. The van der Waals surface area contributed by atoms with E-state index in [2.05, 4.69) is 10.6 Å². The molecule has 2 aromatic rings. The minimum atomic E-state index is -0.304. The van der Waals surface area contributed by atoms with Crippen molar-refractivity contribution in [2.75, 3.05) is 5.32 Å². The molecule has 2 aromatic carbocycles. The lowest BCUT2D eigenvalue weighted by atomic mass is 10.2. The highest BCUT2D eigenvalue weighted by Gasteiger charge is 2.10. The first kappa shape index (κ1) is 17.2. The van der Waals surface area contributed by atoms with Gasteiger partial charge in [0.05, 0.1) is 11.8 Å². The van der Waals surface area contributed by atoms with Gasteiger partial charge in [-0.05, 0) is 62.5 Å². The molecule has 0 bridgehead atoms. The Labute approximate surface area is 145 Å². The van der Waals surface area contributed by atoms with Gasteiger partial charge >= 0.3 is 0 Å². The Balaban J connectivity index is 2.02. The third-order valence-electron chi connectivity index (χ3n) is 2.83. The van der Waals surface area contributed by atoms with Crippen LogP contribution in [0.2, 0.25) is 5.02 Å². The van der Waals surface area contributed by atoms with Gasteiger partial charge in [-0.15, -0.1) is 0 Å². The fourth-order valence-corrected chi connectivity index (χ4v) is 2.19. The Morgan fingerprint density at radius 1 is 1.13 bits per heavy atom. The van der Waals surface area contributed by atoms with Gasteiger partial charge in [0, 0.05) is 10.6 Å². The fraction of sp³-hybridized carbons (Fsp3) is 0.176. The molecule has 6 heteroatoms. The Bertz CT molecular complexity index is 702. The topological polar surface area (TPSA) is 50.4 Å². The highest BCUT2D eigenvalue weighted by Crippen LogP contribution is 2.24. The molecule has 4 nitrogen and oxygen atoms in total. The third-order valence-corrected chi connectivity index (χ3v) is 3.29. The van der Waals surface area contributed by atoms with Crippen molar-refractivity contribution in [2.24, 2.45) is 0 Å². The molecule has 0 aliphatic heterocycles. The van der Waals surface area contributed by atoms with Crippen LogP contribution in [-0.4, -0.2) is 17.1 Å². The van der Waals surface area contributed by atoms with Crippen LogP contribution in [0.25, 0.3) is 0 Å². The van der Waals surface area contributed by atoms with E-state index >= 15 is 0 Å². The zero-order valence-corrected chi connectivity index (χ0v) is 14.4. The van der Waals surface area contributed by atoms with Gasteiger partial charge in [0.15, 0.2) is 5.11 Å². The molecule has 120 valence electrons. The summed E-state index contributed by atoms with van der Waals surface area (Å²) in [6.45, 7) is 3.88. The van der Waals surface area contributed by atoms with Crippen LogP contribution in [0, 0.1) is 0 Å². The molecule has 2 N–H and O–H groups in total. The van der Waals surface area contributed by atoms with Crippen molar-refractivity contribution in [3.05, 3.63) is 59.1 Å². The number of halogens is 1. The second-order valence-electron chi connectivity index (χ2n) is 5.08. The number of rotatable bonds is 4. The summed E-state index contributed by atoms with van der Waals surface area (Å²) >= 11 is 11.0. The Hall–Kier alpha value is -2.11. The maximum Gasteiger partial charge on any atom is 0.257 e. The molecule has 0 heterocycles. The highest BCUT2D eigenvalue weighted by atomic mass is 35.5. The molecule has 0 saturated heterocycles. The minimum absolute atomic E-state index is 0.0372. The van der Waals surface area contributed by atoms with Gasteiger partial charge in [0.1, 0.15) is 5.75 Å². The minimum Gasteiger partial charge on any atom is -0.489 e. The number of carbonyl (C=O) groups excluding carboxylic acids is 1. The van der Waals surface area contributed by atoms with Crippen molar-refractivity contribution >= 4 is 40.5 Å². The molecule has 0 spiro atoms. The smallest absolute Gasteiger partial charge is 0.257 e. The molecule has 2 rings (SSSR count). The van der Waals surface area contributed by atoms with E-state index < -0.39 is 0 Å². The highest BCUT2D eigenvalue weighted by molar-refractivity contribution is 7.80. The predicted octanol–water partition coefficient (Wildman–Crippen LogP) is 4.25. The van der Waals surface area contributed by atoms with Gasteiger partial charge in [-0.1, -0.05) is 23.7 Å². The van der Waals surface area contributed by atoms with E-state index in [0.29, 0.717) is 22.0 Å². The van der Waals surface area contributed by atoms with Crippen LogP contribution in [-0.2, 0) is 0 Å². The molecular weight excluding hydrogens is 332 g/mol. The summed E-state index contributed by atoms with van der Waals surface area (Å²) in [5.41, 5.74) is 1.17. The second-order valence-corrected chi connectivity index (χ2v) is 5.92. The molecule has 0 fully saturated rings. The van der Waals surface area contributed by atoms with Gasteiger partial charge < -0.3 is 10.1 Å². The maximum absolute atomic E-state index is 12.1. The van der Waals surface area contributed by atoms with Crippen LogP contribution in [0.3, 0.4) is 0 Å². The van der Waals surface area contributed by atoms with Crippen LogP contribution in [0.15, 0.2) is 48.5 Å². The Morgan fingerprint density at radius 3 is 2.43 bits per heavy atom. The first-order valence-electron chi connectivity index (χ1n) is 7.09. The molecule has 0 saturated carbocycles. The molecule has 0 atom stereocenters. The average Bonchev–Trinajstić information content (AvgIpc) is 2.49. The van der Waals surface area contributed by atoms with E-state index in [1.165, 1.54) is 0 Å². The SMILES string of the molecule is CC(C)Oc1ccccc1NC(=S)NC(=O)c1ccc(Cl)cc1. The molecule has 0 radical (unpaired) electrons. The lowest BCUT2D eigenvalue weighted by molar-refractivity contribution is 0.0977. The van der Waals surface area contributed by atoms with Gasteiger partial charge in [-0.2, -0.15) is 0 Å². The van der Waals surface area contributed by atoms with E-state index in [9.17, 15) is 4.79 Å². The second kappa shape index (κ2) is 7.94. The third kappa shape index (κ3) is 5.23. The number of benzene rings is 2. The van der Waals surface area contributed by atoms with Crippen LogP contribution in [0.4, 0.5) is 5.69 Å². The Kier molecular flexibility index (Phi) is 5.96. The molecular formula is C17H17ClN2O2S. The van der Waals surface area contributed by atoms with E-state index in [-0.39, 0.29) is 17.1 Å². The molecule has 23 heavy (non-hydrogen) atoms.